The number of rotatable bonds is 6. The van der Waals surface area contributed by atoms with E-state index in [0.717, 1.165) is 42.6 Å². The highest BCUT2D eigenvalue weighted by Crippen LogP contribution is 2.31. The lowest BCUT2D eigenvalue weighted by molar-refractivity contribution is -0.150. The van der Waals surface area contributed by atoms with Gasteiger partial charge in [-0.25, -0.2) is 0 Å². The average molecular weight is 350 g/mol. The van der Waals surface area contributed by atoms with Gasteiger partial charge in [0.25, 0.3) is 0 Å². The van der Waals surface area contributed by atoms with Crippen molar-refractivity contribution in [3.8, 4) is 5.75 Å². The maximum Gasteiger partial charge on any atom is 0.309 e. The summed E-state index contributed by atoms with van der Waals surface area (Å²) in [6.07, 6.45) is 5.99. The van der Waals surface area contributed by atoms with Crippen LogP contribution in [0.15, 0.2) is 60.2 Å². The fraction of sp³-hybridized carbons (Fsp3) is 0.348. The van der Waals surface area contributed by atoms with Crippen molar-refractivity contribution in [3.05, 3.63) is 71.3 Å². The number of hydrogen-bond acceptors (Lipinski definition) is 3. The van der Waals surface area contributed by atoms with Gasteiger partial charge in [-0.1, -0.05) is 54.1 Å². The van der Waals surface area contributed by atoms with E-state index in [4.69, 9.17) is 9.47 Å². The normalized spacial score (nSPS) is 18.5. The van der Waals surface area contributed by atoms with Gasteiger partial charge in [0, 0.05) is 0 Å². The Morgan fingerprint density at radius 2 is 1.88 bits per heavy atom. The first-order chi connectivity index (χ1) is 12.7. The minimum Gasteiger partial charge on any atom is -0.494 e. The molecule has 3 heteroatoms. The monoisotopic (exact) mass is 350 g/mol. The van der Waals surface area contributed by atoms with Gasteiger partial charge >= 0.3 is 5.97 Å². The Morgan fingerprint density at radius 3 is 2.62 bits per heavy atom. The molecule has 2 aromatic carbocycles. The van der Waals surface area contributed by atoms with Crippen molar-refractivity contribution in [2.45, 2.75) is 39.2 Å². The van der Waals surface area contributed by atoms with Crippen LogP contribution in [0.2, 0.25) is 0 Å². The molecule has 0 saturated heterocycles. The molecule has 1 unspecified atom stereocenters. The number of allylic oxidation sites excluding steroid dienone is 1. The Hall–Kier alpha value is -2.55. The molecule has 1 atom stereocenters. The minimum atomic E-state index is -0.0776. The standard InChI is InChI=1S/C23H26O3/c1-2-25-22-13-11-18(12-14-22)15-20-9-6-10-21(16-20)23(24)26-17-19-7-4-3-5-8-19/h3-5,7-8,11-15,21H,2,6,9-10,16-17H2,1H3/b20-15-. The van der Waals surface area contributed by atoms with Crippen LogP contribution in [0.3, 0.4) is 0 Å². The summed E-state index contributed by atoms with van der Waals surface area (Å²) in [5, 5.41) is 0. The van der Waals surface area contributed by atoms with E-state index in [1.165, 1.54) is 5.57 Å². The number of carbonyl (C=O) groups excluding carboxylic acids is 1. The first-order valence-electron chi connectivity index (χ1n) is 9.37. The molecule has 2 aromatic rings. The molecule has 26 heavy (non-hydrogen) atoms. The Kier molecular flexibility index (Phi) is 6.48. The van der Waals surface area contributed by atoms with Crippen molar-refractivity contribution < 1.29 is 14.3 Å². The Balaban J connectivity index is 1.56. The molecule has 3 nitrogen and oxygen atoms in total. The van der Waals surface area contributed by atoms with E-state index in [0.29, 0.717) is 13.2 Å². The zero-order valence-electron chi connectivity index (χ0n) is 15.3. The van der Waals surface area contributed by atoms with Crippen LogP contribution in [-0.4, -0.2) is 12.6 Å². The van der Waals surface area contributed by atoms with Gasteiger partial charge < -0.3 is 9.47 Å². The van der Waals surface area contributed by atoms with E-state index >= 15 is 0 Å². The summed E-state index contributed by atoms with van der Waals surface area (Å²) in [7, 11) is 0. The number of carbonyl (C=O) groups is 1. The van der Waals surface area contributed by atoms with Crippen LogP contribution < -0.4 is 4.74 Å². The van der Waals surface area contributed by atoms with Crippen LogP contribution in [-0.2, 0) is 16.1 Å². The van der Waals surface area contributed by atoms with Gasteiger partial charge in [-0.3, -0.25) is 4.79 Å². The third kappa shape index (κ3) is 5.22. The molecule has 0 aliphatic heterocycles. The van der Waals surface area contributed by atoms with Crippen LogP contribution in [0, 0.1) is 5.92 Å². The van der Waals surface area contributed by atoms with Gasteiger partial charge in [0.1, 0.15) is 12.4 Å². The molecule has 136 valence electrons. The average Bonchev–Trinajstić information content (AvgIpc) is 2.69. The van der Waals surface area contributed by atoms with Crippen LogP contribution in [0.25, 0.3) is 6.08 Å². The summed E-state index contributed by atoms with van der Waals surface area (Å²) in [5.41, 5.74) is 3.51. The Morgan fingerprint density at radius 1 is 1.12 bits per heavy atom. The Bertz CT molecular complexity index is 732. The lowest BCUT2D eigenvalue weighted by Crippen LogP contribution is -2.21. The molecule has 0 radical (unpaired) electrons. The van der Waals surface area contributed by atoms with Gasteiger partial charge in [0.05, 0.1) is 12.5 Å². The van der Waals surface area contributed by atoms with Gasteiger partial charge in [0.2, 0.25) is 0 Å². The summed E-state index contributed by atoms with van der Waals surface area (Å²) in [6.45, 7) is 3.01. The van der Waals surface area contributed by atoms with Crippen molar-refractivity contribution in [2.75, 3.05) is 6.61 Å². The predicted octanol–water partition coefficient (Wildman–Crippen LogP) is 5.40. The lowest BCUT2D eigenvalue weighted by Gasteiger charge is -2.23. The molecular weight excluding hydrogens is 324 g/mol. The molecule has 1 aliphatic rings. The SMILES string of the molecule is CCOc1ccc(/C=C2/CCCC(C(=O)OCc3ccccc3)C2)cc1. The summed E-state index contributed by atoms with van der Waals surface area (Å²) in [4.78, 5) is 12.4. The fourth-order valence-corrected chi connectivity index (χ4v) is 3.34. The topological polar surface area (TPSA) is 35.5 Å². The van der Waals surface area contributed by atoms with E-state index in [2.05, 4.69) is 18.2 Å². The second-order valence-electron chi connectivity index (χ2n) is 6.69. The Labute approximate surface area is 155 Å². The molecule has 1 aliphatic carbocycles. The zero-order chi connectivity index (χ0) is 18.2. The molecule has 0 heterocycles. The van der Waals surface area contributed by atoms with Crippen LogP contribution >= 0.6 is 0 Å². The van der Waals surface area contributed by atoms with Gasteiger partial charge in [-0.2, -0.15) is 0 Å². The van der Waals surface area contributed by atoms with Crippen LogP contribution in [0.4, 0.5) is 0 Å². The van der Waals surface area contributed by atoms with Crippen molar-refractivity contribution in [1.29, 1.82) is 0 Å². The van der Waals surface area contributed by atoms with E-state index < -0.39 is 0 Å². The number of ether oxygens (including phenoxy) is 2. The highest BCUT2D eigenvalue weighted by atomic mass is 16.5. The summed E-state index contributed by atoms with van der Waals surface area (Å²) < 4.78 is 11.0. The smallest absolute Gasteiger partial charge is 0.309 e. The molecule has 0 N–H and O–H groups in total. The van der Waals surface area contributed by atoms with Gasteiger partial charge in [-0.05, 0) is 55.9 Å². The van der Waals surface area contributed by atoms with Crippen LogP contribution in [0.1, 0.15) is 43.7 Å². The number of esters is 1. The highest BCUT2D eigenvalue weighted by molar-refractivity contribution is 5.73. The van der Waals surface area contributed by atoms with Crippen molar-refractivity contribution in [2.24, 2.45) is 5.92 Å². The van der Waals surface area contributed by atoms with Crippen molar-refractivity contribution >= 4 is 12.0 Å². The van der Waals surface area contributed by atoms with Crippen molar-refractivity contribution in [3.63, 3.8) is 0 Å². The third-order valence-electron chi connectivity index (χ3n) is 4.68. The van der Waals surface area contributed by atoms with Gasteiger partial charge in [-0.15, -0.1) is 0 Å². The predicted molar refractivity (Wildman–Crippen MR) is 104 cm³/mol. The first-order valence-corrected chi connectivity index (χ1v) is 9.37. The quantitative estimate of drug-likeness (QED) is 0.654. The zero-order valence-corrected chi connectivity index (χ0v) is 15.3. The molecule has 1 saturated carbocycles. The molecular formula is C23H26O3. The highest BCUT2D eigenvalue weighted by Gasteiger charge is 2.25. The second-order valence-corrected chi connectivity index (χ2v) is 6.69. The first kappa shape index (κ1) is 18.2. The van der Waals surface area contributed by atoms with Crippen molar-refractivity contribution in [1.82, 2.24) is 0 Å². The summed E-state index contributed by atoms with van der Waals surface area (Å²) in [5.74, 6) is 0.785. The molecule has 0 spiro atoms. The molecule has 0 amide bonds. The summed E-state index contributed by atoms with van der Waals surface area (Å²) in [6, 6.07) is 17.9. The van der Waals surface area contributed by atoms with E-state index in [-0.39, 0.29) is 11.9 Å². The number of hydrogen-bond donors (Lipinski definition) is 0. The lowest BCUT2D eigenvalue weighted by atomic mass is 9.84. The van der Waals surface area contributed by atoms with Gasteiger partial charge in [0.15, 0.2) is 0 Å². The molecule has 0 bridgehead atoms. The second kappa shape index (κ2) is 9.23. The number of benzene rings is 2. The fourth-order valence-electron chi connectivity index (χ4n) is 3.34. The molecule has 0 aromatic heterocycles. The molecule has 1 fully saturated rings. The molecule has 3 rings (SSSR count). The van der Waals surface area contributed by atoms with E-state index in [1.54, 1.807) is 0 Å². The van der Waals surface area contributed by atoms with E-state index in [1.807, 2.05) is 49.4 Å². The largest absolute Gasteiger partial charge is 0.494 e. The van der Waals surface area contributed by atoms with E-state index in [9.17, 15) is 4.79 Å². The maximum absolute atomic E-state index is 12.4. The summed E-state index contributed by atoms with van der Waals surface area (Å²) >= 11 is 0. The maximum atomic E-state index is 12.4. The third-order valence-corrected chi connectivity index (χ3v) is 4.68. The van der Waals surface area contributed by atoms with Crippen LogP contribution in [0.5, 0.6) is 5.75 Å². The minimum absolute atomic E-state index is 0.0265.